The summed E-state index contributed by atoms with van der Waals surface area (Å²) < 4.78 is 78.7. The molecule has 0 aliphatic carbocycles. The topological polar surface area (TPSA) is 12.9 Å². The van der Waals surface area contributed by atoms with Crippen molar-refractivity contribution < 1.29 is 26.3 Å². The van der Waals surface area contributed by atoms with Gasteiger partial charge in [-0.1, -0.05) is 29.8 Å². The van der Waals surface area contributed by atoms with Gasteiger partial charge in [0.05, 0.1) is 11.0 Å². The van der Waals surface area contributed by atoms with Crippen molar-refractivity contribution in [1.29, 1.82) is 0 Å². The molecule has 1 aromatic heterocycles. The van der Waals surface area contributed by atoms with Crippen molar-refractivity contribution in [1.82, 2.24) is 4.98 Å². The third-order valence-corrected chi connectivity index (χ3v) is 3.96. The maximum atomic E-state index is 13.1. The van der Waals surface area contributed by atoms with Gasteiger partial charge < -0.3 is 0 Å². The molecule has 3 rings (SSSR count). The fraction of sp³-hybridized carbons (Fsp3) is 0.188. The maximum absolute atomic E-state index is 13.1. The molecule has 0 N–H and O–H groups in total. The molecule has 0 amide bonds. The Balaban J connectivity index is 2.41. The van der Waals surface area contributed by atoms with Gasteiger partial charge in [0.15, 0.2) is 5.92 Å². The molecular formula is C16H8ClF6N. The minimum Gasteiger partial charge on any atom is -0.248 e. The van der Waals surface area contributed by atoms with Gasteiger partial charge in [0.2, 0.25) is 0 Å². The summed E-state index contributed by atoms with van der Waals surface area (Å²) in [6, 6.07) is 10.0. The van der Waals surface area contributed by atoms with Gasteiger partial charge >= 0.3 is 12.4 Å². The number of halogens is 7. The maximum Gasteiger partial charge on any atom is 0.404 e. The molecule has 0 radical (unpaired) electrons. The molecule has 1 heterocycles. The molecule has 0 saturated carbocycles. The predicted octanol–water partition coefficient (Wildman–Crippen LogP) is 6.25. The van der Waals surface area contributed by atoms with Crippen LogP contribution in [0.1, 0.15) is 11.5 Å². The van der Waals surface area contributed by atoms with Gasteiger partial charge in [-0.2, -0.15) is 26.3 Å². The van der Waals surface area contributed by atoms with E-state index in [1.165, 1.54) is 12.1 Å². The summed E-state index contributed by atoms with van der Waals surface area (Å²) >= 11 is 5.73. The second-order valence-electron chi connectivity index (χ2n) is 5.23. The van der Waals surface area contributed by atoms with E-state index in [4.69, 9.17) is 11.6 Å². The Morgan fingerprint density at radius 1 is 0.833 bits per heavy atom. The van der Waals surface area contributed by atoms with Crippen molar-refractivity contribution in [3.8, 4) is 0 Å². The lowest BCUT2D eigenvalue weighted by Gasteiger charge is -2.25. The van der Waals surface area contributed by atoms with Crippen LogP contribution in [0.25, 0.3) is 21.8 Å². The zero-order valence-electron chi connectivity index (χ0n) is 11.7. The Bertz CT molecular complexity index is 902. The molecule has 0 fully saturated rings. The van der Waals surface area contributed by atoms with Crippen molar-refractivity contribution in [2.24, 2.45) is 0 Å². The minimum absolute atomic E-state index is 0.0200. The Morgan fingerprint density at radius 3 is 2.08 bits per heavy atom. The third-order valence-electron chi connectivity index (χ3n) is 3.63. The quantitative estimate of drug-likeness (QED) is 0.368. The van der Waals surface area contributed by atoms with Gasteiger partial charge in [0.25, 0.3) is 0 Å². The summed E-state index contributed by atoms with van der Waals surface area (Å²) in [5.41, 5.74) is -0.534. The van der Waals surface area contributed by atoms with Crippen LogP contribution in [-0.2, 0) is 0 Å². The zero-order valence-corrected chi connectivity index (χ0v) is 12.5. The van der Waals surface area contributed by atoms with E-state index >= 15 is 0 Å². The molecule has 24 heavy (non-hydrogen) atoms. The Hall–Kier alpha value is -2.02. The molecule has 8 heteroatoms. The van der Waals surface area contributed by atoms with E-state index in [-0.39, 0.29) is 10.9 Å². The molecule has 0 bridgehead atoms. The number of rotatable bonds is 1. The molecule has 0 atom stereocenters. The summed E-state index contributed by atoms with van der Waals surface area (Å²) in [5, 5.41) is -0.434. The van der Waals surface area contributed by atoms with Gasteiger partial charge in [-0.05, 0) is 24.3 Å². The second kappa shape index (κ2) is 5.51. The van der Waals surface area contributed by atoms with Crippen LogP contribution in [0, 0.1) is 0 Å². The van der Waals surface area contributed by atoms with Crippen molar-refractivity contribution >= 4 is 33.4 Å². The SMILES string of the molecule is FC(F)(F)C(c1c(Cl)ccc2nc3ccccc3cc12)C(F)(F)F. The lowest BCUT2D eigenvalue weighted by molar-refractivity contribution is -0.253. The highest BCUT2D eigenvalue weighted by atomic mass is 35.5. The monoisotopic (exact) mass is 363 g/mol. The van der Waals surface area contributed by atoms with Crippen LogP contribution in [0.15, 0.2) is 42.5 Å². The van der Waals surface area contributed by atoms with Gasteiger partial charge in [-0.25, -0.2) is 4.98 Å². The standard InChI is InChI=1S/C16H8ClF6N/c17-10-5-6-12-9(7-8-3-1-2-4-11(8)24-12)13(10)14(15(18,19)20)16(21,22)23/h1-7,14H. The summed E-state index contributed by atoms with van der Waals surface area (Å²) in [4.78, 5) is 4.13. The highest BCUT2D eigenvalue weighted by molar-refractivity contribution is 6.32. The van der Waals surface area contributed by atoms with Crippen LogP contribution in [0.5, 0.6) is 0 Å². The minimum atomic E-state index is -5.53. The van der Waals surface area contributed by atoms with Crippen molar-refractivity contribution in [3.63, 3.8) is 0 Å². The van der Waals surface area contributed by atoms with E-state index in [1.807, 2.05) is 0 Å². The Labute approximate surface area is 136 Å². The molecule has 0 spiro atoms. The predicted molar refractivity (Wildman–Crippen MR) is 79.1 cm³/mol. The second-order valence-corrected chi connectivity index (χ2v) is 5.63. The van der Waals surface area contributed by atoms with Crippen molar-refractivity contribution in [2.75, 3.05) is 0 Å². The number of alkyl halides is 6. The number of pyridine rings is 1. The summed E-state index contributed by atoms with van der Waals surface area (Å²) in [6.45, 7) is 0. The summed E-state index contributed by atoms with van der Waals surface area (Å²) in [7, 11) is 0. The number of benzene rings is 2. The molecule has 0 unspecified atom stereocenters. The third kappa shape index (κ3) is 2.88. The molecular weight excluding hydrogens is 356 g/mol. The fourth-order valence-corrected chi connectivity index (χ4v) is 2.92. The van der Waals surface area contributed by atoms with Crippen molar-refractivity contribution in [3.05, 3.63) is 53.1 Å². The molecule has 0 aliphatic heterocycles. The lowest BCUT2D eigenvalue weighted by Crippen LogP contribution is -2.34. The van der Waals surface area contributed by atoms with Crippen LogP contribution >= 0.6 is 11.6 Å². The van der Waals surface area contributed by atoms with E-state index in [9.17, 15) is 26.3 Å². The molecule has 0 aliphatic rings. The number of fused-ring (bicyclic) bond motifs is 2. The first kappa shape index (κ1) is 16.8. The highest BCUT2D eigenvalue weighted by Crippen LogP contribution is 2.50. The van der Waals surface area contributed by atoms with Gasteiger partial charge in [-0.15, -0.1) is 0 Å². The number of nitrogens with zero attached hydrogens (tertiary/aromatic N) is 1. The van der Waals surface area contributed by atoms with Gasteiger partial charge in [0, 0.05) is 21.4 Å². The average Bonchev–Trinajstić information content (AvgIpc) is 2.46. The number of para-hydroxylation sites is 1. The van der Waals surface area contributed by atoms with Crippen LogP contribution < -0.4 is 0 Å². The number of aromatic nitrogens is 1. The van der Waals surface area contributed by atoms with Crippen LogP contribution in [-0.4, -0.2) is 17.3 Å². The Kier molecular flexibility index (Phi) is 3.86. The Morgan fingerprint density at radius 2 is 1.46 bits per heavy atom. The molecule has 0 saturated heterocycles. The van der Waals surface area contributed by atoms with Crippen LogP contribution in [0.2, 0.25) is 5.02 Å². The van der Waals surface area contributed by atoms with Gasteiger partial charge in [-0.3, -0.25) is 0 Å². The van der Waals surface area contributed by atoms with Gasteiger partial charge in [0.1, 0.15) is 0 Å². The number of hydrogen-bond acceptors (Lipinski definition) is 1. The average molecular weight is 364 g/mol. The first-order valence-corrected chi connectivity index (χ1v) is 7.08. The van der Waals surface area contributed by atoms with E-state index in [1.54, 1.807) is 24.3 Å². The molecule has 3 aromatic rings. The van der Waals surface area contributed by atoms with E-state index in [2.05, 4.69) is 4.98 Å². The van der Waals surface area contributed by atoms with Crippen LogP contribution in [0.4, 0.5) is 26.3 Å². The first-order valence-electron chi connectivity index (χ1n) is 6.70. The van der Waals surface area contributed by atoms with E-state index in [0.29, 0.717) is 10.9 Å². The van der Waals surface area contributed by atoms with E-state index in [0.717, 1.165) is 6.07 Å². The fourth-order valence-electron chi connectivity index (χ4n) is 2.65. The molecule has 126 valence electrons. The lowest BCUT2D eigenvalue weighted by atomic mass is 9.93. The molecule has 2 aromatic carbocycles. The van der Waals surface area contributed by atoms with Crippen LogP contribution in [0.3, 0.4) is 0 Å². The normalized spacial score (nSPS) is 13.2. The largest absolute Gasteiger partial charge is 0.404 e. The zero-order chi connectivity index (χ0) is 17.7. The summed E-state index contributed by atoms with van der Waals surface area (Å²) in [6.07, 6.45) is -11.1. The smallest absolute Gasteiger partial charge is 0.248 e. The first-order chi connectivity index (χ1) is 11.1. The highest BCUT2D eigenvalue weighted by Gasteiger charge is 2.58. The number of hydrogen-bond donors (Lipinski definition) is 0. The van der Waals surface area contributed by atoms with E-state index < -0.39 is 28.9 Å². The molecule has 1 nitrogen and oxygen atoms in total. The summed E-state index contributed by atoms with van der Waals surface area (Å²) in [5.74, 6) is -3.68. The van der Waals surface area contributed by atoms with Crippen molar-refractivity contribution in [2.45, 2.75) is 18.3 Å².